The Balaban J connectivity index is 1.76. The fraction of sp³-hybridized carbons (Fsp3) is 0.190. The van der Waals surface area contributed by atoms with Gasteiger partial charge < -0.3 is 30.8 Å². The molecule has 32 heavy (non-hydrogen) atoms. The Morgan fingerprint density at radius 2 is 1.97 bits per heavy atom. The van der Waals surface area contributed by atoms with E-state index in [1.165, 1.54) is 0 Å². The molecule has 0 atom stereocenters. The van der Waals surface area contributed by atoms with E-state index < -0.39 is 5.91 Å². The number of anilines is 3. The van der Waals surface area contributed by atoms with Gasteiger partial charge in [-0.3, -0.25) is 9.78 Å². The molecule has 0 aliphatic carbocycles. The van der Waals surface area contributed by atoms with Gasteiger partial charge in [0.25, 0.3) is 5.91 Å². The van der Waals surface area contributed by atoms with E-state index in [0.29, 0.717) is 34.0 Å². The summed E-state index contributed by atoms with van der Waals surface area (Å²) in [7, 11) is 3.58. The van der Waals surface area contributed by atoms with Crippen molar-refractivity contribution in [2.24, 2.45) is 12.8 Å². The fourth-order valence-electron chi connectivity index (χ4n) is 3.21. The lowest BCUT2D eigenvalue weighted by Crippen LogP contribution is -2.18. The van der Waals surface area contributed by atoms with Crippen molar-refractivity contribution in [2.75, 3.05) is 30.9 Å². The topological polar surface area (TPSA) is 153 Å². The first-order valence-electron chi connectivity index (χ1n) is 9.77. The van der Waals surface area contributed by atoms with Crippen molar-refractivity contribution in [1.29, 1.82) is 0 Å². The van der Waals surface area contributed by atoms with Gasteiger partial charge in [-0.1, -0.05) is 0 Å². The van der Waals surface area contributed by atoms with Crippen LogP contribution in [-0.4, -0.2) is 55.8 Å². The van der Waals surface area contributed by atoms with Gasteiger partial charge in [-0.15, -0.1) is 0 Å². The van der Waals surface area contributed by atoms with Crippen molar-refractivity contribution in [3.8, 4) is 17.0 Å². The molecule has 0 spiro atoms. The van der Waals surface area contributed by atoms with Crippen LogP contribution >= 0.6 is 0 Å². The van der Waals surface area contributed by atoms with Crippen molar-refractivity contribution >= 4 is 34.3 Å². The van der Waals surface area contributed by atoms with Gasteiger partial charge in [-0.25, -0.2) is 15.0 Å². The van der Waals surface area contributed by atoms with Crippen LogP contribution in [0.1, 0.15) is 10.5 Å². The number of hydrogen-bond acceptors (Lipinski definition) is 9. The third-order valence-electron chi connectivity index (χ3n) is 4.74. The zero-order chi connectivity index (χ0) is 22.7. The number of nitrogens with one attached hydrogen (secondary N) is 2. The highest BCUT2D eigenvalue weighted by atomic mass is 16.5. The summed E-state index contributed by atoms with van der Waals surface area (Å²) in [6, 6.07) is 6.97. The Morgan fingerprint density at radius 3 is 2.66 bits per heavy atom. The standard InChI is InChI=1S/C21H22N8O3/c1-23-20-17(14-9-24-10-15-16(14)25-11-29(15)2)27-18(19(22)31)21(28-20)26-12-3-5-13(6-4-12)32-8-7-30/h3-6,9-11,30H,7-8H2,1-2H3,(H2,22,31)(H2,23,26,28). The number of aryl methyl sites for hydroxylation is 1. The highest BCUT2D eigenvalue weighted by Crippen LogP contribution is 2.32. The number of aliphatic hydroxyl groups is 1. The Labute approximate surface area is 183 Å². The highest BCUT2D eigenvalue weighted by molar-refractivity contribution is 5.99. The summed E-state index contributed by atoms with van der Waals surface area (Å²) in [5.41, 5.74) is 8.79. The number of hydrogen-bond donors (Lipinski definition) is 4. The number of imidazole rings is 1. The third-order valence-corrected chi connectivity index (χ3v) is 4.74. The number of pyridine rings is 1. The molecule has 0 fully saturated rings. The number of carbonyl (C=O) groups excluding carboxylic acids is 1. The first-order valence-corrected chi connectivity index (χ1v) is 9.77. The van der Waals surface area contributed by atoms with Crippen molar-refractivity contribution in [3.05, 3.63) is 48.7 Å². The van der Waals surface area contributed by atoms with Crippen LogP contribution in [0.2, 0.25) is 0 Å². The molecule has 0 bridgehead atoms. The minimum Gasteiger partial charge on any atom is -0.491 e. The monoisotopic (exact) mass is 434 g/mol. The van der Waals surface area contributed by atoms with Crippen LogP contribution in [0.4, 0.5) is 17.3 Å². The Kier molecular flexibility index (Phi) is 5.81. The Bertz CT molecular complexity index is 1270. The zero-order valence-corrected chi connectivity index (χ0v) is 17.5. The Hall–Kier alpha value is -4.25. The normalized spacial score (nSPS) is 10.8. The third kappa shape index (κ3) is 4.01. The van der Waals surface area contributed by atoms with Gasteiger partial charge in [-0.05, 0) is 24.3 Å². The van der Waals surface area contributed by atoms with E-state index >= 15 is 0 Å². The van der Waals surface area contributed by atoms with E-state index in [0.717, 1.165) is 5.52 Å². The first-order chi connectivity index (χ1) is 15.5. The molecule has 4 rings (SSSR count). The summed E-state index contributed by atoms with van der Waals surface area (Å²) < 4.78 is 7.20. The molecule has 164 valence electrons. The molecule has 0 aliphatic rings. The molecule has 0 saturated heterocycles. The summed E-state index contributed by atoms with van der Waals surface area (Å²) in [6.45, 7) is 0.132. The van der Waals surface area contributed by atoms with Gasteiger partial charge in [-0.2, -0.15) is 0 Å². The van der Waals surface area contributed by atoms with Gasteiger partial charge >= 0.3 is 0 Å². The summed E-state index contributed by atoms with van der Waals surface area (Å²) in [5, 5.41) is 15.0. The van der Waals surface area contributed by atoms with Gasteiger partial charge in [0.1, 0.15) is 23.6 Å². The number of ether oxygens (including phenoxy) is 1. The predicted octanol–water partition coefficient (Wildman–Crippen LogP) is 1.68. The molecule has 3 aromatic heterocycles. The van der Waals surface area contributed by atoms with Crippen LogP contribution in [0.3, 0.4) is 0 Å². The second-order valence-electron chi connectivity index (χ2n) is 6.86. The molecule has 1 aromatic carbocycles. The van der Waals surface area contributed by atoms with Crippen LogP contribution in [0.15, 0.2) is 43.0 Å². The van der Waals surface area contributed by atoms with Crippen molar-refractivity contribution < 1.29 is 14.6 Å². The van der Waals surface area contributed by atoms with Crippen LogP contribution in [0.25, 0.3) is 22.3 Å². The molecular weight excluding hydrogens is 412 g/mol. The number of benzene rings is 1. The number of primary amides is 1. The molecule has 0 aliphatic heterocycles. The first kappa shape index (κ1) is 21.0. The van der Waals surface area contributed by atoms with E-state index in [4.69, 9.17) is 15.6 Å². The fourth-order valence-corrected chi connectivity index (χ4v) is 3.21. The van der Waals surface area contributed by atoms with Crippen LogP contribution in [0, 0.1) is 0 Å². The molecule has 5 N–H and O–H groups in total. The van der Waals surface area contributed by atoms with Crippen LogP contribution in [-0.2, 0) is 7.05 Å². The van der Waals surface area contributed by atoms with Crippen molar-refractivity contribution in [1.82, 2.24) is 24.5 Å². The predicted molar refractivity (Wildman–Crippen MR) is 120 cm³/mol. The van der Waals surface area contributed by atoms with Gasteiger partial charge in [0, 0.05) is 26.0 Å². The number of nitrogens with two attached hydrogens (primary N) is 1. The summed E-state index contributed by atoms with van der Waals surface area (Å²) in [4.78, 5) is 30.0. The number of amides is 1. The number of carbonyl (C=O) groups is 1. The number of fused-ring (bicyclic) bond motifs is 1. The maximum Gasteiger partial charge on any atom is 0.271 e. The summed E-state index contributed by atoms with van der Waals surface area (Å²) >= 11 is 0. The molecular formula is C21H22N8O3. The number of nitrogens with zero attached hydrogens (tertiary/aromatic N) is 5. The minimum absolute atomic E-state index is 0.0208. The second-order valence-corrected chi connectivity index (χ2v) is 6.86. The van der Waals surface area contributed by atoms with Gasteiger partial charge in [0.15, 0.2) is 17.3 Å². The van der Waals surface area contributed by atoms with Crippen molar-refractivity contribution in [3.63, 3.8) is 0 Å². The number of aromatic nitrogens is 5. The zero-order valence-electron chi connectivity index (χ0n) is 17.5. The van der Waals surface area contributed by atoms with E-state index in [-0.39, 0.29) is 24.7 Å². The van der Waals surface area contributed by atoms with Gasteiger partial charge in [0.2, 0.25) is 0 Å². The average molecular weight is 434 g/mol. The Morgan fingerprint density at radius 1 is 1.19 bits per heavy atom. The minimum atomic E-state index is -0.729. The molecule has 0 unspecified atom stereocenters. The average Bonchev–Trinajstić information content (AvgIpc) is 3.19. The molecule has 0 radical (unpaired) electrons. The van der Waals surface area contributed by atoms with Crippen LogP contribution in [0.5, 0.6) is 5.75 Å². The maximum absolute atomic E-state index is 12.2. The summed E-state index contributed by atoms with van der Waals surface area (Å²) in [6.07, 6.45) is 5.02. The molecule has 4 aromatic rings. The number of rotatable bonds is 8. The maximum atomic E-state index is 12.2. The smallest absolute Gasteiger partial charge is 0.271 e. The quantitative estimate of drug-likeness (QED) is 0.324. The molecule has 0 saturated carbocycles. The SMILES string of the molecule is CNc1nc(Nc2ccc(OCCO)cc2)c(C(N)=O)nc1-c1cncc2c1ncn2C. The second kappa shape index (κ2) is 8.86. The lowest BCUT2D eigenvalue weighted by molar-refractivity contribution is 0.0996. The largest absolute Gasteiger partial charge is 0.491 e. The number of aliphatic hydroxyl groups excluding tert-OH is 1. The van der Waals surface area contributed by atoms with E-state index in [9.17, 15) is 4.79 Å². The van der Waals surface area contributed by atoms with E-state index in [1.54, 1.807) is 50.0 Å². The summed E-state index contributed by atoms with van der Waals surface area (Å²) in [5.74, 6) is 0.511. The molecule has 3 heterocycles. The van der Waals surface area contributed by atoms with E-state index in [1.807, 2.05) is 11.6 Å². The molecule has 11 heteroatoms. The van der Waals surface area contributed by atoms with Crippen molar-refractivity contribution in [2.45, 2.75) is 0 Å². The lowest BCUT2D eigenvalue weighted by Gasteiger charge is -2.14. The molecule has 1 amide bonds. The van der Waals surface area contributed by atoms with Gasteiger partial charge in [0.05, 0.1) is 30.2 Å². The highest BCUT2D eigenvalue weighted by Gasteiger charge is 2.21. The van der Waals surface area contributed by atoms with E-state index in [2.05, 4.69) is 30.6 Å². The lowest BCUT2D eigenvalue weighted by atomic mass is 10.1. The van der Waals surface area contributed by atoms with Crippen LogP contribution < -0.4 is 21.1 Å². The molecule has 11 nitrogen and oxygen atoms in total.